The lowest BCUT2D eigenvalue weighted by Crippen LogP contribution is -2.26. The van der Waals surface area contributed by atoms with E-state index in [2.05, 4.69) is 0 Å². The van der Waals surface area contributed by atoms with E-state index in [1.54, 1.807) is 0 Å². The molecule has 1 saturated heterocycles. The maximum Gasteiger partial charge on any atom is 0.337 e. The summed E-state index contributed by atoms with van der Waals surface area (Å²) < 4.78 is 0. The van der Waals surface area contributed by atoms with Gasteiger partial charge in [-0.05, 0) is 18.2 Å². The van der Waals surface area contributed by atoms with Gasteiger partial charge in [-0.25, -0.2) is 9.59 Å². The summed E-state index contributed by atoms with van der Waals surface area (Å²) in [5.41, 5.74) is -0.195. The molecule has 2 N–H and O–H groups in total. The average Bonchev–Trinajstić information content (AvgIpc) is 2.67. The van der Waals surface area contributed by atoms with Crippen LogP contribution in [0.2, 0.25) is 0 Å². The van der Waals surface area contributed by atoms with E-state index in [0.29, 0.717) is 0 Å². The van der Waals surface area contributed by atoms with Crippen LogP contribution in [0.1, 0.15) is 27.1 Å². The Morgan fingerprint density at radius 3 is 2.42 bits per heavy atom. The third-order valence-electron chi connectivity index (χ3n) is 2.84. The summed E-state index contributed by atoms with van der Waals surface area (Å²) >= 11 is 5.86. The number of rotatable bonds is 3. The number of anilines is 1. The Labute approximate surface area is 113 Å². The molecule has 1 unspecified atom stereocenters. The van der Waals surface area contributed by atoms with Crippen LogP contribution >= 0.6 is 11.6 Å². The van der Waals surface area contributed by atoms with E-state index in [0.717, 1.165) is 6.07 Å². The van der Waals surface area contributed by atoms with Crippen molar-refractivity contribution in [2.75, 3.05) is 11.4 Å². The second-order valence-corrected chi connectivity index (χ2v) is 4.77. The Hall–Kier alpha value is -2.08. The molecule has 0 spiro atoms. The lowest BCUT2D eigenvalue weighted by Gasteiger charge is -2.18. The van der Waals surface area contributed by atoms with E-state index in [1.165, 1.54) is 17.0 Å². The molecule has 0 saturated carbocycles. The molecule has 1 amide bonds. The molecule has 0 radical (unpaired) electrons. The molecule has 0 aliphatic carbocycles. The molecule has 6 nitrogen and oxygen atoms in total. The van der Waals surface area contributed by atoms with Crippen LogP contribution in [0.5, 0.6) is 0 Å². The molecule has 1 aliphatic heterocycles. The van der Waals surface area contributed by atoms with Crippen molar-refractivity contribution in [3.05, 3.63) is 29.3 Å². The summed E-state index contributed by atoms with van der Waals surface area (Å²) in [5.74, 6) is -2.79. The van der Waals surface area contributed by atoms with Gasteiger partial charge in [-0.3, -0.25) is 4.79 Å². The van der Waals surface area contributed by atoms with Gasteiger partial charge < -0.3 is 15.1 Å². The average molecular weight is 284 g/mol. The van der Waals surface area contributed by atoms with Crippen molar-refractivity contribution in [2.45, 2.75) is 11.8 Å². The lowest BCUT2D eigenvalue weighted by atomic mass is 10.1. The molecule has 1 aromatic rings. The first-order valence-electron chi connectivity index (χ1n) is 5.45. The summed E-state index contributed by atoms with van der Waals surface area (Å²) in [7, 11) is 0. The van der Waals surface area contributed by atoms with Gasteiger partial charge >= 0.3 is 11.9 Å². The van der Waals surface area contributed by atoms with E-state index in [4.69, 9.17) is 21.8 Å². The molecule has 1 aromatic carbocycles. The number of benzene rings is 1. The molecule has 1 fully saturated rings. The van der Waals surface area contributed by atoms with Crippen LogP contribution in [0.15, 0.2) is 18.2 Å². The van der Waals surface area contributed by atoms with E-state index in [9.17, 15) is 14.4 Å². The fourth-order valence-corrected chi connectivity index (χ4v) is 2.24. The molecule has 0 aromatic heterocycles. The van der Waals surface area contributed by atoms with Gasteiger partial charge in [0.25, 0.3) is 0 Å². The fraction of sp³-hybridized carbons (Fsp3) is 0.250. The predicted molar refractivity (Wildman–Crippen MR) is 67.0 cm³/mol. The predicted octanol–water partition coefficient (Wildman–Crippen LogP) is 1.43. The Balaban J connectivity index is 2.48. The SMILES string of the molecule is O=C(O)c1ccc(N2CC(Cl)CC2=O)c(C(=O)O)c1. The van der Waals surface area contributed by atoms with Gasteiger partial charge in [0, 0.05) is 13.0 Å². The second kappa shape index (κ2) is 4.89. The van der Waals surface area contributed by atoms with E-state index < -0.39 is 11.9 Å². The van der Waals surface area contributed by atoms with Crippen molar-refractivity contribution in [3.8, 4) is 0 Å². The number of halogens is 1. The number of carbonyl (C=O) groups is 3. The highest BCUT2D eigenvalue weighted by Gasteiger charge is 2.31. The quantitative estimate of drug-likeness (QED) is 0.818. The first-order chi connectivity index (χ1) is 8.90. The van der Waals surface area contributed by atoms with Gasteiger partial charge in [0.2, 0.25) is 5.91 Å². The van der Waals surface area contributed by atoms with Crippen LogP contribution in [0.25, 0.3) is 0 Å². The van der Waals surface area contributed by atoms with Crippen molar-refractivity contribution in [3.63, 3.8) is 0 Å². The minimum atomic E-state index is -1.29. The van der Waals surface area contributed by atoms with Crippen LogP contribution in [0.4, 0.5) is 5.69 Å². The van der Waals surface area contributed by atoms with E-state index in [-0.39, 0.29) is 41.1 Å². The summed E-state index contributed by atoms with van der Waals surface area (Å²) in [6.45, 7) is 0.215. The zero-order valence-corrected chi connectivity index (χ0v) is 10.4. The standard InChI is InChI=1S/C12H10ClNO5/c13-7-4-10(15)14(5-7)9-2-1-6(11(16)17)3-8(9)12(18)19/h1-3,7H,4-5H2,(H,16,17)(H,18,19). The monoisotopic (exact) mass is 283 g/mol. The molecule has 0 bridgehead atoms. The molecule has 7 heteroatoms. The highest BCUT2D eigenvalue weighted by molar-refractivity contribution is 6.24. The largest absolute Gasteiger partial charge is 0.478 e. The molecule has 1 atom stereocenters. The van der Waals surface area contributed by atoms with Gasteiger partial charge in [0.15, 0.2) is 0 Å². The summed E-state index contributed by atoms with van der Waals surface area (Å²) in [6.07, 6.45) is 0.140. The van der Waals surface area contributed by atoms with Crippen LogP contribution in [-0.2, 0) is 4.79 Å². The number of aromatic carboxylic acids is 2. The number of carboxylic acids is 2. The molecular formula is C12H10ClNO5. The smallest absolute Gasteiger partial charge is 0.337 e. The maximum atomic E-state index is 11.7. The summed E-state index contributed by atoms with van der Waals surface area (Å²) in [4.78, 5) is 35.0. The first-order valence-corrected chi connectivity index (χ1v) is 5.89. The van der Waals surface area contributed by atoms with Crippen LogP contribution in [0, 0.1) is 0 Å². The Morgan fingerprint density at radius 1 is 1.26 bits per heavy atom. The molecule has 19 heavy (non-hydrogen) atoms. The maximum absolute atomic E-state index is 11.7. The van der Waals surface area contributed by atoms with Crippen LogP contribution in [-0.4, -0.2) is 40.0 Å². The van der Waals surface area contributed by atoms with Crippen molar-refractivity contribution < 1.29 is 24.6 Å². The van der Waals surface area contributed by atoms with Crippen molar-refractivity contribution >= 4 is 35.1 Å². The lowest BCUT2D eigenvalue weighted by molar-refractivity contribution is -0.117. The third kappa shape index (κ3) is 2.53. The fourth-order valence-electron chi connectivity index (χ4n) is 1.97. The number of amides is 1. The van der Waals surface area contributed by atoms with Gasteiger partial charge in [-0.1, -0.05) is 0 Å². The number of carboxylic acid groups (broad SMARTS) is 2. The molecule has 1 aliphatic rings. The number of hydrogen-bond acceptors (Lipinski definition) is 3. The third-order valence-corrected chi connectivity index (χ3v) is 3.13. The minimum Gasteiger partial charge on any atom is -0.478 e. The highest BCUT2D eigenvalue weighted by atomic mass is 35.5. The van der Waals surface area contributed by atoms with Gasteiger partial charge in [0.05, 0.1) is 22.2 Å². The second-order valence-electron chi connectivity index (χ2n) is 4.15. The topological polar surface area (TPSA) is 94.9 Å². The minimum absolute atomic E-state index is 0.140. The van der Waals surface area contributed by atoms with Crippen molar-refractivity contribution in [2.24, 2.45) is 0 Å². The van der Waals surface area contributed by atoms with E-state index >= 15 is 0 Å². The highest BCUT2D eigenvalue weighted by Crippen LogP contribution is 2.28. The molecule has 1 heterocycles. The number of nitrogens with zero attached hydrogens (tertiary/aromatic N) is 1. The number of hydrogen-bond donors (Lipinski definition) is 2. The molecule has 100 valence electrons. The summed E-state index contributed by atoms with van der Waals surface area (Å²) in [5, 5.41) is 17.6. The first kappa shape index (κ1) is 13.4. The molecular weight excluding hydrogens is 274 g/mol. The zero-order chi connectivity index (χ0) is 14.2. The Kier molecular flexibility index (Phi) is 3.44. The Bertz CT molecular complexity index is 571. The normalized spacial score (nSPS) is 18.7. The zero-order valence-electron chi connectivity index (χ0n) is 9.67. The van der Waals surface area contributed by atoms with Crippen LogP contribution in [0.3, 0.4) is 0 Å². The van der Waals surface area contributed by atoms with Crippen LogP contribution < -0.4 is 4.90 Å². The van der Waals surface area contributed by atoms with Crippen molar-refractivity contribution in [1.29, 1.82) is 0 Å². The molecule has 2 rings (SSSR count). The summed E-state index contributed by atoms with van der Waals surface area (Å²) in [6, 6.07) is 3.62. The van der Waals surface area contributed by atoms with Gasteiger partial charge in [-0.15, -0.1) is 11.6 Å². The van der Waals surface area contributed by atoms with Crippen molar-refractivity contribution in [1.82, 2.24) is 0 Å². The van der Waals surface area contributed by atoms with Gasteiger partial charge in [0.1, 0.15) is 0 Å². The number of alkyl halides is 1. The van der Waals surface area contributed by atoms with E-state index in [1.807, 2.05) is 0 Å². The Morgan fingerprint density at radius 2 is 1.95 bits per heavy atom. The number of carbonyl (C=O) groups excluding carboxylic acids is 1. The van der Waals surface area contributed by atoms with Gasteiger partial charge in [-0.2, -0.15) is 0 Å².